The van der Waals surface area contributed by atoms with Crippen molar-refractivity contribution in [1.29, 1.82) is 0 Å². The van der Waals surface area contributed by atoms with E-state index >= 15 is 0 Å². The first kappa shape index (κ1) is 8.53. The van der Waals surface area contributed by atoms with Crippen molar-refractivity contribution < 1.29 is 9.53 Å². The predicted molar refractivity (Wildman–Crippen MR) is 42.2 cm³/mol. The van der Waals surface area contributed by atoms with Crippen LogP contribution in [0.5, 0.6) is 0 Å². The Hall–Kier alpha value is -0.570. The van der Waals surface area contributed by atoms with Crippen LogP contribution in [0.2, 0.25) is 0 Å². The minimum absolute atomic E-state index is 0.0787. The molecule has 0 radical (unpaired) electrons. The van der Waals surface area contributed by atoms with Crippen molar-refractivity contribution in [3.05, 3.63) is 0 Å². The molecular weight excluding hydrogens is 142 g/mol. The largest absolute Gasteiger partial charge is 0.468 e. The first-order valence-corrected chi connectivity index (χ1v) is 3.99. The molecule has 0 aliphatic carbocycles. The van der Waals surface area contributed by atoms with Crippen LogP contribution in [0, 0.1) is 5.92 Å². The van der Waals surface area contributed by atoms with E-state index in [0.717, 1.165) is 6.42 Å². The SMILES string of the molecule is COC(=O)[C@@H]1C[C@H](C)[C@H](C)N1. The van der Waals surface area contributed by atoms with Crippen molar-refractivity contribution in [2.75, 3.05) is 7.11 Å². The van der Waals surface area contributed by atoms with Gasteiger partial charge in [0.25, 0.3) is 0 Å². The lowest BCUT2D eigenvalue weighted by Crippen LogP contribution is -2.35. The van der Waals surface area contributed by atoms with Crippen molar-refractivity contribution in [1.82, 2.24) is 5.32 Å². The van der Waals surface area contributed by atoms with Gasteiger partial charge in [-0.1, -0.05) is 6.92 Å². The molecule has 0 unspecified atom stereocenters. The van der Waals surface area contributed by atoms with Gasteiger partial charge in [-0.3, -0.25) is 4.79 Å². The van der Waals surface area contributed by atoms with Gasteiger partial charge >= 0.3 is 5.97 Å². The molecular formula is C8H15NO2. The molecule has 3 heteroatoms. The van der Waals surface area contributed by atoms with Crippen LogP contribution in [0.25, 0.3) is 0 Å². The van der Waals surface area contributed by atoms with Crippen LogP contribution in [-0.2, 0) is 9.53 Å². The van der Waals surface area contributed by atoms with E-state index in [1.54, 1.807) is 0 Å². The number of nitrogens with one attached hydrogen (secondary N) is 1. The summed E-state index contributed by atoms with van der Waals surface area (Å²) in [4.78, 5) is 11.0. The number of hydrogen-bond acceptors (Lipinski definition) is 3. The van der Waals surface area contributed by atoms with Crippen molar-refractivity contribution >= 4 is 5.97 Å². The lowest BCUT2D eigenvalue weighted by atomic mass is 10.0. The summed E-state index contributed by atoms with van der Waals surface area (Å²) >= 11 is 0. The summed E-state index contributed by atoms with van der Waals surface area (Å²) in [6.07, 6.45) is 0.897. The highest BCUT2D eigenvalue weighted by Crippen LogP contribution is 2.19. The number of carbonyl (C=O) groups is 1. The number of rotatable bonds is 1. The summed E-state index contributed by atoms with van der Waals surface area (Å²) < 4.78 is 4.63. The fourth-order valence-corrected chi connectivity index (χ4v) is 1.43. The van der Waals surface area contributed by atoms with Gasteiger partial charge in [-0.25, -0.2) is 0 Å². The Bertz CT molecular complexity index is 148. The average molecular weight is 157 g/mol. The van der Waals surface area contributed by atoms with E-state index in [1.807, 2.05) is 0 Å². The van der Waals surface area contributed by atoms with Crippen LogP contribution >= 0.6 is 0 Å². The summed E-state index contributed by atoms with van der Waals surface area (Å²) in [5.74, 6) is 0.431. The molecule has 1 aliphatic rings. The van der Waals surface area contributed by atoms with E-state index in [0.29, 0.717) is 12.0 Å². The molecule has 0 amide bonds. The van der Waals surface area contributed by atoms with Crippen LogP contribution in [0.15, 0.2) is 0 Å². The zero-order valence-electron chi connectivity index (χ0n) is 7.26. The highest BCUT2D eigenvalue weighted by Gasteiger charge is 2.32. The molecule has 0 aromatic rings. The third-order valence-corrected chi connectivity index (χ3v) is 2.41. The standard InChI is InChI=1S/C8H15NO2/c1-5-4-7(8(10)11-3)9-6(5)2/h5-7,9H,4H2,1-3H3/t5-,6-,7-/m0/s1. The van der Waals surface area contributed by atoms with Gasteiger partial charge in [-0.15, -0.1) is 0 Å². The Balaban J connectivity index is 2.46. The maximum absolute atomic E-state index is 11.0. The normalized spacial score (nSPS) is 37.2. The van der Waals surface area contributed by atoms with Crippen molar-refractivity contribution in [2.45, 2.75) is 32.4 Å². The minimum Gasteiger partial charge on any atom is -0.468 e. The van der Waals surface area contributed by atoms with E-state index in [4.69, 9.17) is 0 Å². The zero-order chi connectivity index (χ0) is 8.43. The van der Waals surface area contributed by atoms with Gasteiger partial charge in [0.15, 0.2) is 0 Å². The Morgan fingerprint density at radius 3 is 2.55 bits per heavy atom. The molecule has 0 aromatic heterocycles. The highest BCUT2D eigenvalue weighted by molar-refractivity contribution is 5.76. The Kier molecular flexibility index (Phi) is 2.49. The molecule has 3 atom stereocenters. The predicted octanol–water partition coefficient (Wildman–Crippen LogP) is 0.546. The molecule has 1 saturated heterocycles. The van der Waals surface area contributed by atoms with Crippen LogP contribution in [0.4, 0.5) is 0 Å². The molecule has 0 bridgehead atoms. The van der Waals surface area contributed by atoms with Crippen LogP contribution in [-0.4, -0.2) is 25.2 Å². The van der Waals surface area contributed by atoms with Crippen LogP contribution < -0.4 is 5.32 Å². The molecule has 3 nitrogen and oxygen atoms in total. The third kappa shape index (κ3) is 1.71. The van der Waals surface area contributed by atoms with Gasteiger partial charge in [0.2, 0.25) is 0 Å². The molecule has 0 aromatic carbocycles. The first-order chi connectivity index (χ1) is 5.15. The highest BCUT2D eigenvalue weighted by atomic mass is 16.5. The van der Waals surface area contributed by atoms with E-state index in [2.05, 4.69) is 23.9 Å². The fraction of sp³-hybridized carbons (Fsp3) is 0.875. The van der Waals surface area contributed by atoms with Gasteiger partial charge in [-0.05, 0) is 19.3 Å². The lowest BCUT2D eigenvalue weighted by Gasteiger charge is -2.08. The topological polar surface area (TPSA) is 38.3 Å². The minimum atomic E-state index is -0.138. The third-order valence-electron chi connectivity index (χ3n) is 2.41. The van der Waals surface area contributed by atoms with Crippen molar-refractivity contribution in [2.24, 2.45) is 5.92 Å². The Morgan fingerprint density at radius 2 is 2.18 bits per heavy atom. The maximum atomic E-state index is 11.0. The smallest absolute Gasteiger partial charge is 0.322 e. The zero-order valence-corrected chi connectivity index (χ0v) is 7.26. The Labute approximate surface area is 67.1 Å². The molecule has 11 heavy (non-hydrogen) atoms. The van der Waals surface area contributed by atoms with Gasteiger partial charge in [0, 0.05) is 6.04 Å². The van der Waals surface area contributed by atoms with Crippen molar-refractivity contribution in [3.8, 4) is 0 Å². The van der Waals surface area contributed by atoms with E-state index in [-0.39, 0.29) is 12.0 Å². The second-order valence-corrected chi connectivity index (χ2v) is 3.24. The monoisotopic (exact) mass is 157 g/mol. The van der Waals surface area contributed by atoms with E-state index in [1.165, 1.54) is 7.11 Å². The first-order valence-electron chi connectivity index (χ1n) is 3.99. The van der Waals surface area contributed by atoms with Gasteiger partial charge < -0.3 is 10.1 Å². The summed E-state index contributed by atoms with van der Waals surface area (Å²) in [7, 11) is 1.43. The summed E-state index contributed by atoms with van der Waals surface area (Å²) in [6, 6.07) is 0.351. The summed E-state index contributed by atoms with van der Waals surface area (Å²) in [6.45, 7) is 4.23. The quantitative estimate of drug-likeness (QED) is 0.565. The van der Waals surface area contributed by atoms with Gasteiger partial charge in [-0.2, -0.15) is 0 Å². The number of ether oxygens (including phenoxy) is 1. The van der Waals surface area contributed by atoms with Crippen molar-refractivity contribution in [3.63, 3.8) is 0 Å². The number of methoxy groups -OCH3 is 1. The van der Waals surface area contributed by atoms with E-state index < -0.39 is 0 Å². The van der Waals surface area contributed by atoms with Gasteiger partial charge in [0.05, 0.1) is 7.11 Å². The number of hydrogen-bond donors (Lipinski definition) is 1. The molecule has 1 rings (SSSR count). The summed E-state index contributed by atoms with van der Waals surface area (Å²) in [5.41, 5.74) is 0. The van der Waals surface area contributed by atoms with E-state index in [9.17, 15) is 4.79 Å². The molecule has 1 fully saturated rings. The lowest BCUT2D eigenvalue weighted by molar-refractivity contribution is -0.142. The molecule has 1 aliphatic heterocycles. The van der Waals surface area contributed by atoms with Crippen LogP contribution in [0.1, 0.15) is 20.3 Å². The Morgan fingerprint density at radius 1 is 1.55 bits per heavy atom. The van der Waals surface area contributed by atoms with Crippen LogP contribution in [0.3, 0.4) is 0 Å². The number of carbonyl (C=O) groups excluding carboxylic acids is 1. The fourth-order valence-electron chi connectivity index (χ4n) is 1.43. The molecule has 0 spiro atoms. The maximum Gasteiger partial charge on any atom is 0.322 e. The summed E-state index contributed by atoms with van der Waals surface area (Å²) in [5, 5.41) is 3.18. The second-order valence-electron chi connectivity index (χ2n) is 3.24. The average Bonchev–Trinajstić information content (AvgIpc) is 2.31. The molecule has 1 heterocycles. The molecule has 64 valence electrons. The number of esters is 1. The second kappa shape index (κ2) is 3.22. The molecule has 0 saturated carbocycles. The van der Waals surface area contributed by atoms with Gasteiger partial charge in [0.1, 0.15) is 6.04 Å². The molecule has 1 N–H and O–H groups in total.